The Morgan fingerprint density at radius 1 is 0.943 bits per heavy atom. The molecular formula is C27H28N4O3S. The first kappa shape index (κ1) is 23.7. The maximum atomic E-state index is 9.39. The smallest absolute Gasteiger partial charge is 0.184 e. The third kappa shape index (κ3) is 5.80. The monoisotopic (exact) mass is 488 g/mol. The van der Waals surface area contributed by atoms with Gasteiger partial charge in [-0.05, 0) is 33.9 Å². The highest BCUT2D eigenvalue weighted by Crippen LogP contribution is 2.39. The van der Waals surface area contributed by atoms with Crippen LogP contribution >= 0.6 is 11.8 Å². The number of aromatic nitrogens is 3. The van der Waals surface area contributed by atoms with Gasteiger partial charge in [0.05, 0.1) is 18.8 Å². The quantitative estimate of drug-likeness (QED) is 0.307. The normalized spacial score (nSPS) is 20.1. The van der Waals surface area contributed by atoms with Crippen LogP contribution in [-0.4, -0.2) is 32.1 Å². The Balaban J connectivity index is 1.36. The minimum atomic E-state index is -0.490. The number of H-pyrrole nitrogens is 1. The number of ether oxygens (including phenoxy) is 2. The molecule has 0 spiro atoms. The molecular weight excluding hydrogens is 460 g/mol. The molecule has 7 nitrogen and oxygen atoms in total. The van der Waals surface area contributed by atoms with Gasteiger partial charge in [-0.1, -0.05) is 78.5 Å². The Labute approximate surface area is 208 Å². The second kappa shape index (κ2) is 11.2. The van der Waals surface area contributed by atoms with Crippen molar-refractivity contribution in [3.63, 3.8) is 0 Å². The van der Waals surface area contributed by atoms with Crippen LogP contribution in [0.2, 0.25) is 0 Å². The number of aromatic amines is 1. The highest BCUT2D eigenvalue weighted by atomic mass is 32.2. The van der Waals surface area contributed by atoms with Crippen LogP contribution in [0, 0.1) is 0 Å². The van der Waals surface area contributed by atoms with Gasteiger partial charge in [0.1, 0.15) is 6.33 Å². The fourth-order valence-electron chi connectivity index (χ4n) is 4.17. The van der Waals surface area contributed by atoms with E-state index in [4.69, 9.17) is 15.2 Å². The van der Waals surface area contributed by atoms with Gasteiger partial charge in [-0.25, -0.2) is 4.98 Å². The van der Waals surface area contributed by atoms with Crippen molar-refractivity contribution < 1.29 is 14.6 Å². The van der Waals surface area contributed by atoms with Crippen LogP contribution in [0.4, 0.5) is 0 Å². The minimum absolute atomic E-state index is 0.0223. The van der Waals surface area contributed by atoms with Crippen molar-refractivity contribution in [3.8, 4) is 11.1 Å². The summed E-state index contributed by atoms with van der Waals surface area (Å²) in [6.07, 6.45) is 1.58. The van der Waals surface area contributed by atoms with Crippen molar-refractivity contribution in [2.75, 3.05) is 5.75 Å². The van der Waals surface area contributed by atoms with E-state index in [1.807, 2.05) is 36.4 Å². The van der Waals surface area contributed by atoms with E-state index in [-0.39, 0.29) is 18.8 Å². The topological polar surface area (TPSA) is 106 Å². The second-order valence-corrected chi connectivity index (χ2v) is 9.49. The third-order valence-corrected chi connectivity index (χ3v) is 7.10. The van der Waals surface area contributed by atoms with E-state index in [1.165, 1.54) is 6.33 Å². The summed E-state index contributed by atoms with van der Waals surface area (Å²) in [7, 11) is 0. The molecule has 3 aromatic carbocycles. The standard InChI is InChI=1S/C27H28N4O3S/c28-14-19-2-1-3-23(12-19)20-8-10-22(11-9-20)26-33-24(16-35-27-29-17-30-31-27)13-25(34-26)21-6-4-18(15-32)5-7-21/h1-12,17,24-26,32H,13-16,28H2,(H,29,30,31). The van der Waals surface area contributed by atoms with Gasteiger partial charge in [-0.15, -0.1) is 0 Å². The predicted octanol–water partition coefficient (Wildman–Crippen LogP) is 4.76. The summed E-state index contributed by atoms with van der Waals surface area (Å²) in [5.41, 5.74) is 12.1. The van der Waals surface area contributed by atoms with E-state index >= 15 is 0 Å². The molecule has 4 aromatic rings. The maximum Gasteiger partial charge on any atom is 0.184 e. The van der Waals surface area contributed by atoms with Gasteiger partial charge in [0.25, 0.3) is 0 Å². The number of hydrogen-bond acceptors (Lipinski definition) is 7. The van der Waals surface area contributed by atoms with Gasteiger partial charge in [0.2, 0.25) is 0 Å². The lowest BCUT2D eigenvalue weighted by molar-refractivity contribution is -0.245. The van der Waals surface area contributed by atoms with Gasteiger partial charge in [0.15, 0.2) is 11.4 Å². The molecule has 0 aliphatic carbocycles. The van der Waals surface area contributed by atoms with Crippen LogP contribution in [0.25, 0.3) is 11.1 Å². The van der Waals surface area contributed by atoms with Gasteiger partial charge >= 0.3 is 0 Å². The lowest BCUT2D eigenvalue weighted by Crippen LogP contribution is -2.31. The molecule has 1 fully saturated rings. The van der Waals surface area contributed by atoms with E-state index in [0.717, 1.165) is 50.7 Å². The van der Waals surface area contributed by atoms with Crippen LogP contribution in [0.1, 0.15) is 41.1 Å². The number of hydrogen-bond donors (Lipinski definition) is 3. The van der Waals surface area contributed by atoms with Crippen molar-refractivity contribution in [3.05, 3.63) is 101 Å². The third-order valence-electron chi connectivity index (χ3n) is 6.09. The van der Waals surface area contributed by atoms with Crippen molar-refractivity contribution in [2.45, 2.75) is 43.2 Å². The molecule has 1 aromatic heterocycles. The summed E-state index contributed by atoms with van der Waals surface area (Å²) < 4.78 is 12.8. The van der Waals surface area contributed by atoms with Crippen LogP contribution in [0.15, 0.2) is 84.3 Å². The molecule has 0 radical (unpaired) electrons. The molecule has 0 bridgehead atoms. The zero-order chi connectivity index (χ0) is 24.0. The number of aliphatic hydroxyl groups is 1. The summed E-state index contributed by atoms with van der Waals surface area (Å²) >= 11 is 1.58. The molecule has 4 N–H and O–H groups in total. The molecule has 0 amide bonds. The van der Waals surface area contributed by atoms with E-state index in [1.54, 1.807) is 11.8 Å². The lowest BCUT2D eigenvalue weighted by Gasteiger charge is -2.36. The van der Waals surface area contributed by atoms with Crippen molar-refractivity contribution >= 4 is 11.8 Å². The molecule has 3 atom stereocenters. The fraction of sp³-hybridized carbons (Fsp3) is 0.259. The Morgan fingerprint density at radius 3 is 2.46 bits per heavy atom. The molecule has 3 unspecified atom stereocenters. The van der Waals surface area contributed by atoms with E-state index < -0.39 is 6.29 Å². The summed E-state index contributed by atoms with van der Waals surface area (Å²) in [4.78, 5) is 4.20. The fourth-order valence-corrected chi connectivity index (χ4v) is 4.97. The lowest BCUT2D eigenvalue weighted by atomic mass is 9.99. The number of nitrogens with zero attached hydrogens (tertiary/aromatic N) is 2. The van der Waals surface area contributed by atoms with Crippen LogP contribution in [-0.2, 0) is 22.6 Å². The van der Waals surface area contributed by atoms with Crippen molar-refractivity contribution in [1.29, 1.82) is 0 Å². The Kier molecular flexibility index (Phi) is 7.56. The van der Waals surface area contributed by atoms with Gasteiger partial charge in [-0.3, -0.25) is 5.10 Å². The molecule has 1 aliphatic heterocycles. The zero-order valence-corrected chi connectivity index (χ0v) is 20.0. The Bertz CT molecular complexity index is 1220. The largest absolute Gasteiger partial charge is 0.392 e. The molecule has 1 saturated heterocycles. The Morgan fingerprint density at radius 2 is 1.74 bits per heavy atom. The van der Waals surface area contributed by atoms with E-state index in [0.29, 0.717) is 6.54 Å². The summed E-state index contributed by atoms with van der Waals surface area (Å²) in [6.45, 7) is 0.540. The second-order valence-electron chi connectivity index (χ2n) is 8.48. The number of benzene rings is 3. The summed E-state index contributed by atoms with van der Waals surface area (Å²) in [6, 6.07) is 24.5. The average Bonchev–Trinajstić information content (AvgIpc) is 3.46. The molecule has 0 saturated carbocycles. The first-order chi connectivity index (χ1) is 17.2. The number of nitrogens with one attached hydrogen (secondary N) is 1. The highest BCUT2D eigenvalue weighted by Gasteiger charge is 2.32. The number of aliphatic hydroxyl groups excluding tert-OH is 1. The SMILES string of the molecule is NCc1cccc(-c2ccc(C3OC(CSc4ncn[nH]4)CC(c4ccc(CO)cc4)O3)cc2)c1. The molecule has 2 heterocycles. The van der Waals surface area contributed by atoms with Gasteiger partial charge in [0, 0.05) is 24.3 Å². The first-order valence-electron chi connectivity index (χ1n) is 11.6. The van der Waals surface area contributed by atoms with Gasteiger partial charge in [-0.2, -0.15) is 5.10 Å². The van der Waals surface area contributed by atoms with Crippen LogP contribution < -0.4 is 5.73 Å². The first-order valence-corrected chi connectivity index (χ1v) is 12.6. The Hall–Kier alpha value is -3.01. The molecule has 180 valence electrons. The van der Waals surface area contributed by atoms with Crippen LogP contribution in [0.5, 0.6) is 0 Å². The molecule has 1 aliphatic rings. The summed E-state index contributed by atoms with van der Waals surface area (Å²) in [5.74, 6) is 0.726. The molecule has 35 heavy (non-hydrogen) atoms. The van der Waals surface area contributed by atoms with E-state index in [2.05, 4.69) is 51.6 Å². The van der Waals surface area contributed by atoms with Crippen molar-refractivity contribution in [2.24, 2.45) is 5.73 Å². The highest BCUT2D eigenvalue weighted by molar-refractivity contribution is 7.99. The van der Waals surface area contributed by atoms with Crippen molar-refractivity contribution in [1.82, 2.24) is 15.2 Å². The van der Waals surface area contributed by atoms with Gasteiger partial charge < -0.3 is 20.3 Å². The number of thioether (sulfide) groups is 1. The molecule has 5 rings (SSSR count). The zero-order valence-electron chi connectivity index (χ0n) is 19.2. The maximum absolute atomic E-state index is 9.39. The summed E-state index contributed by atoms with van der Waals surface area (Å²) in [5, 5.41) is 17.0. The van der Waals surface area contributed by atoms with Crippen LogP contribution in [0.3, 0.4) is 0 Å². The number of nitrogens with two attached hydrogens (primary N) is 1. The minimum Gasteiger partial charge on any atom is -0.392 e. The number of rotatable bonds is 8. The molecule has 8 heteroatoms. The predicted molar refractivity (Wildman–Crippen MR) is 135 cm³/mol. The van der Waals surface area contributed by atoms with E-state index in [9.17, 15) is 5.11 Å². The average molecular weight is 489 g/mol.